The first kappa shape index (κ1) is 11.6. The van der Waals surface area contributed by atoms with Crippen LogP contribution >= 0.6 is 0 Å². The molecular weight excluding hydrogens is 222 g/mol. The van der Waals surface area contributed by atoms with E-state index < -0.39 is 6.09 Å². The molecule has 0 spiro atoms. The maximum absolute atomic E-state index is 11.1. The molecule has 0 bridgehead atoms. The van der Waals surface area contributed by atoms with Crippen molar-refractivity contribution < 1.29 is 19.4 Å². The minimum absolute atomic E-state index is 0.0848. The number of aromatic hydroxyl groups is 1. The molecule has 92 valence electrons. The number of amides is 1. The Bertz CT molecular complexity index is 419. The zero-order valence-corrected chi connectivity index (χ0v) is 9.60. The van der Waals surface area contributed by atoms with E-state index in [1.54, 1.807) is 18.2 Å². The monoisotopic (exact) mass is 237 g/mol. The predicted octanol–water partition coefficient (Wildman–Crippen LogP) is 1.96. The fourth-order valence-electron chi connectivity index (χ4n) is 1.85. The molecule has 1 atom stereocenters. The average molecular weight is 237 g/mol. The summed E-state index contributed by atoms with van der Waals surface area (Å²) in [7, 11) is 0. The van der Waals surface area contributed by atoms with E-state index in [2.05, 4.69) is 5.32 Å². The molecule has 2 rings (SSSR count). The lowest BCUT2D eigenvalue weighted by Crippen LogP contribution is -2.35. The molecular formula is C12H15NO4. The Labute approximate surface area is 99.3 Å². The van der Waals surface area contributed by atoms with E-state index in [4.69, 9.17) is 9.47 Å². The summed E-state index contributed by atoms with van der Waals surface area (Å²) in [5.41, 5.74) is 0.660. The molecule has 0 aliphatic carbocycles. The van der Waals surface area contributed by atoms with E-state index in [9.17, 15) is 9.90 Å². The maximum Gasteiger partial charge on any atom is 0.407 e. The van der Waals surface area contributed by atoms with Crippen molar-refractivity contribution >= 4 is 6.09 Å². The van der Waals surface area contributed by atoms with Gasteiger partial charge in [0.25, 0.3) is 0 Å². The van der Waals surface area contributed by atoms with Crippen LogP contribution in [0.4, 0.5) is 4.79 Å². The summed E-state index contributed by atoms with van der Waals surface area (Å²) >= 11 is 0. The largest absolute Gasteiger partial charge is 0.504 e. The van der Waals surface area contributed by atoms with E-state index in [1.807, 2.05) is 6.92 Å². The van der Waals surface area contributed by atoms with Crippen molar-refractivity contribution in [2.75, 3.05) is 13.2 Å². The van der Waals surface area contributed by atoms with Crippen LogP contribution in [0.25, 0.3) is 0 Å². The van der Waals surface area contributed by atoms with Gasteiger partial charge in [0, 0.05) is 12.0 Å². The summed E-state index contributed by atoms with van der Waals surface area (Å²) < 4.78 is 10.1. The summed E-state index contributed by atoms with van der Waals surface area (Å²) in [5.74, 6) is 0.521. The Kier molecular flexibility index (Phi) is 3.37. The van der Waals surface area contributed by atoms with Crippen LogP contribution < -0.4 is 10.1 Å². The molecule has 1 fully saturated rings. The zero-order chi connectivity index (χ0) is 12.3. The van der Waals surface area contributed by atoms with E-state index >= 15 is 0 Å². The molecule has 1 heterocycles. The fourth-order valence-corrected chi connectivity index (χ4v) is 1.85. The Morgan fingerprint density at radius 3 is 3.12 bits per heavy atom. The number of phenols is 1. The summed E-state index contributed by atoms with van der Waals surface area (Å²) in [6, 6.07) is 5.04. The number of carbonyl (C=O) groups excluding carboxylic acids is 1. The number of para-hydroxylation sites is 1. The van der Waals surface area contributed by atoms with Crippen LogP contribution in [0.2, 0.25) is 0 Å². The fraction of sp³-hybridized carbons (Fsp3) is 0.417. The Morgan fingerprint density at radius 2 is 2.41 bits per heavy atom. The molecule has 1 aromatic carbocycles. The van der Waals surface area contributed by atoms with Crippen LogP contribution in [0, 0.1) is 0 Å². The number of hydrogen-bond acceptors (Lipinski definition) is 4. The quantitative estimate of drug-likeness (QED) is 0.843. The number of alkyl carbamates (subject to hydrolysis) is 1. The third kappa shape index (κ3) is 2.43. The van der Waals surface area contributed by atoms with Crippen molar-refractivity contribution in [1.29, 1.82) is 0 Å². The van der Waals surface area contributed by atoms with E-state index in [1.165, 1.54) is 0 Å². The smallest absolute Gasteiger partial charge is 0.407 e. The first-order valence-electron chi connectivity index (χ1n) is 5.60. The van der Waals surface area contributed by atoms with Crippen LogP contribution in [-0.4, -0.2) is 24.4 Å². The molecule has 2 N–H and O–H groups in total. The normalized spacial score (nSPS) is 19.4. The standard InChI is InChI=1S/C12H15NO4/c1-2-16-10-5-3-4-8(11(10)14)9-6-7-17-12(15)13-9/h3-5,9,14H,2,6-7H2,1H3,(H,13,15)/t9-/m1/s1. The zero-order valence-electron chi connectivity index (χ0n) is 9.60. The van der Waals surface area contributed by atoms with Gasteiger partial charge in [0.05, 0.1) is 19.3 Å². The Balaban J connectivity index is 2.25. The highest BCUT2D eigenvalue weighted by Crippen LogP contribution is 2.35. The van der Waals surface area contributed by atoms with Crippen LogP contribution in [-0.2, 0) is 4.74 Å². The van der Waals surface area contributed by atoms with Crippen molar-refractivity contribution in [1.82, 2.24) is 5.32 Å². The van der Waals surface area contributed by atoms with Gasteiger partial charge in [0.2, 0.25) is 0 Å². The van der Waals surface area contributed by atoms with Crippen LogP contribution in [0.3, 0.4) is 0 Å². The number of cyclic esters (lactones) is 1. The van der Waals surface area contributed by atoms with Gasteiger partial charge in [0.15, 0.2) is 11.5 Å². The molecule has 1 aliphatic heterocycles. The number of rotatable bonds is 3. The van der Waals surface area contributed by atoms with Gasteiger partial charge >= 0.3 is 6.09 Å². The highest BCUT2D eigenvalue weighted by atomic mass is 16.6. The van der Waals surface area contributed by atoms with Gasteiger partial charge in [-0.2, -0.15) is 0 Å². The predicted molar refractivity (Wildman–Crippen MR) is 61.1 cm³/mol. The molecule has 0 radical (unpaired) electrons. The lowest BCUT2D eigenvalue weighted by Gasteiger charge is -2.24. The first-order chi connectivity index (χ1) is 8.22. The maximum atomic E-state index is 11.1. The van der Waals surface area contributed by atoms with E-state index in [-0.39, 0.29) is 11.8 Å². The molecule has 1 amide bonds. The first-order valence-corrected chi connectivity index (χ1v) is 5.60. The summed E-state index contributed by atoms with van der Waals surface area (Å²) in [4.78, 5) is 11.1. The van der Waals surface area contributed by atoms with E-state index in [0.29, 0.717) is 30.9 Å². The lowest BCUT2D eigenvalue weighted by atomic mass is 10.0. The Hall–Kier alpha value is -1.91. The van der Waals surface area contributed by atoms with Gasteiger partial charge in [-0.3, -0.25) is 0 Å². The minimum Gasteiger partial charge on any atom is -0.504 e. The molecule has 0 unspecified atom stereocenters. The molecule has 0 aromatic heterocycles. The average Bonchev–Trinajstić information content (AvgIpc) is 2.32. The van der Waals surface area contributed by atoms with Gasteiger partial charge in [-0.05, 0) is 13.0 Å². The van der Waals surface area contributed by atoms with Crippen molar-refractivity contribution in [3.05, 3.63) is 23.8 Å². The summed E-state index contributed by atoms with van der Waals surface area (Å²) in [6.45, 7) is 2.69. The SMILES string of the molecule is CCOc1cccc([C@H]2CCOC(=O)N2)c1O. The van der Waals surface area contributed by atoms with Gasteiger partial charge in [0.1, 0.15) is 0 Å². The third-order valence-electron chi connectivity index (χ3n) is 2.64. The second-order valence-corrected chi connectivity index (χ2v) is 3.75. The van der Waals surface area contributed by atoms with Gasteiger partial charge in [-0.15, -0.1) is 0 Å². The van der Waals surface area contributed by atoms with Gasteiger partial charge in [-0.1, -0.05) is 12.1 Å². The van der Waals surface area contributed by atoms with Crippen molar-refractivity contribution in [2.24, 2.45) is 0 Å². The number of phenolic OH excluding ortho intramolecular Hbond substituents is 1. The molecule has 0 saturated carbocycles. The lowest BCUT2D eigenvalue weighted by molar-refractivity contribution is 0.115. The summed E-state index contributed by atoms with van der Waals surface area (Å²) in [6.07, 6.45) is 0.178. The highest BCUT2D eigenvalue weighted by molar-refractivity contribution is 5.69. The molecule has 5 nitrogen and oxygen atoms in total. The van der Waals surface area contributed by atoms with Crippen LogP contribution in [0.15, 0.2) is 18.2 Å². The molecule has 1 saturated heterocycles. The number of hydrogen-bond donors (Lipinski definition) is 2. The van der Waals surface area contributed by atoms with Gasteiger partial charge < -0.3 is 19.9 Å². The molecule has 1 aliphatic rings. The van der Waals surface area contributed by atoms with Gasteiger partial charge in [-0.25, -0.2) is 4.79 Å². The summed E-state index contributed by atoms with van der Waals surface area (Å²) in [5, 5.41) is 12.7. The van der Waals surface area contributed by atoms with E-state index in [0.717, 1.165) is 0 Å². The van der Waals surface area contributed by atoms with Crippen molar-refractivity contribution in [3.8, 4) is 11.5 Å². The molecule has 17 heavy (non-hydrogen) atoms. The molecule has 5 heteroatoms. The van der Waals surface area contributed by atoms with Crippen molar-refractivity contribution in [3.63, 3.8) is 0 Å². The number of carbonyl (C=O) groups is 1. The molecule has 1 aromatic rings. The van der Waals surface area contributed by atoms with Crippen molar-refractivity contribution in [2.45, 2.75) is 19.4 Å². The topological polar surface area (TPSA) is 67.8 Å². The highest BCUT2D eigenvalue weighted by Gasteiger charge is 2.24. The second kappa shape index (κ2) is 4.95. The number of nitrogens with one attached hydrogen (secondary N) is 1. The second-order valence-electron chi connectivity index (χ2n) is 3.75. The van der Waals surface area contributed by atoms with Crippen LogP contribution in [0.5, 0.6) is 11.5 Å². The number of benzene rings is 1. The minimum atomic E-state index is -0.456. The number of ether oxygens (including phenoxy) is 2. The Morgan fingerprint density at radius 1 is 1.59 bits per heavy atom. The third-order valence-corrected chi connectivity index (χ3v) is 2.64. The van der Waals surface area contributed by atoms with Crippen LogP contribution in [0.1, 0.15) is 24.9 Å².